The van der Waals surface area contributed by atoms with E-state index in [0.717, 1.165) is 19.3 Å². The van der Waals surface area contributed by atoms with Gasteiger partial charge in [-0.3, -0.25) is 0 Å². The summed E-state index contributed by atoms with van der Waals surface area (Å²) in [5, 5.41) is 0. The van der Waals surface area contributed by atoms with E-state index >= 15 is 0 Å². The fourth-order valence-corrected chi connectivity index (χ4v) is 8.87. The number of benzene rings is 6. The van der Waals surface area contributed by atoms with Gasteiger partial charge in [0.15, 0.2) is 0 Å². The zero-order valence-electron chi connectivity index (χ0n) is 37.2. The van der Waals surface area contributed by atoms with E-state index < -0.39 is 0 Å². The first-order valence-electron chi connectivity index (χ1n) is 20.8. The molecule has 0 aromatic heterocycles. The van der Waals surface area contributed by atoms with Crippen LogP contribution in [0.5, 0.6) is 0 Å². The van der Waals surface area contributed by atoms with Crippen molar-refractivity contribution in [2.24, 2.45) is 0 Å². The van der Waals surface area contributed by atoms with E-state index in [1.165, 1.54) is 89.0 Å². The summed E-state index contributed by atoms with van der Waals surface area (Å²) in [6, 6.07) is 56.7. The third kappa shape index (κ3) is 12.3. The van der Waals surface area contributed by atoms with Crippen molar-refractivity contribution in [3.05, 3.63) is 207 Å². The fraction of sp³-hybridized carbons (Fsp3) is 0.263. The van der Waals surface area contributed by atoms with E-state index in [1.807, 2.05) is 30.3 Å². The number of aryl methyl sites for hydroxylation is 4. The number of fused-ring (bicyclic) bond motifs is 3. The van der Waals surface area contributed by atoms with Crippen LogP contribution in [-0.2, 0) is 54.3 Å². The van der Waals surface area contributed by atoms with E-state index in [1.54, 1.807) is 27.4 Å². The fourth-order valence-electron chi connectivity index (χ4n) is 7.86. The van der Waals surface area contributed by atoms with Gasteiger partial charge in [0.2, 0.25) is 0 Å². The molecule has 1 aliphatic rings. The van der Waals surface area contributed by atoms with E-state index in [4.69, 9.17) is 0 Å². The van der Waals surface area contributed by atoms with Crippen molar-refractivity contribution in [3.8, 4) is 33.4 Å². The predicted octanol–water partition coefficient (Wildman–Crippen LogP) is 8.83. The molecule has 0 spiro atoms. The second kappa shape index (κ2) is 21.2. The number of hydrogen-bond acceptors (Lipinski definition) is 0. The quantitative estimate of drug-likeness (QED) is 0.147. The summed E-state index contributed by atoms with van der Waals surface area (Å²) in [6.45, 7) is 22.7. The maximum Gasteiger partial charge on any atom is -0.0126 e. The molecule has 0 saturated carbocycles. The Morgan fingerprint density at radius 2 is 1.00 bits per heavy atom. The summed E-state index contributed by atoms with van der Waals surface area (Å²) < 4.78 is 1.61. The maximum atomic E-state index is 3.93. The molecule has 0 heterocycles. The first kappa shape index (κ1) is 48.7. The van der Waals surface area contributed by atoms with Gasteiger partial charge in [0.25, 0.3) is 0 Å². The van der Waals surface area contributed by atoms with Gasteiger partial charge in [-0.1, -0.05) is 124 Å². The molecule has 0 saturated heterocycles. The molecule has 0 radical (unpaired) electrons. The molecule has 0 fully saturated rings. The molecule has 3 heteroatoms. The molecule has 308 valence electrons. The van der Waals surface area contributed by atoms with Gasteiger partial charge in [-0.2, -0.15) is 18.2 Å². The van der Waals surface area contributed by atoms with Crippen molar-refractivity contribution in [3.63, 3.8) is 0 Å². The largest absolute Gasteiger partial charge is 1.00 e. The number of halogens is 2. The van der Waals surface area contributed by atoms with Gasteiger partial charge in [-0.15, -0.1) is 28.8 Å². The van der Waals surface area contributed by atoms with E-state index in [9.17, 15) is 0 Å². The van der Waals surface area contributed by atoms with Crippen LogP contribution in [0, 0.1) is 33.8 Å². The summed E-state index contributed by atoms with van der Waals surface area (Å²) in [4.78, 5) is 0. The zero-order chi connectivity index (χ0) is 41.6. The van der Waals surface area contributed by atoms with Crippen LogP contribution in [0.1, 0.15) is 97.2 Å². The molecular formula is C57H60Cl2Zr-2. The topological polar surface area (TPSA) is 0 Å². The molecule has 1 aliphatic carbocycles. The van der Waals surface area contributed by atoms with Crippen molar-refractivity contribution in [1.29, 1.82) is 0 Å². The minimum absolute atomic E-state index is 0. The third-order valence-corrected chi connectivity index (χ3v) is 12.0. The van der Waals surface area contributed by atoms with Crippen LogP contribution in [-0.4, -0.2) is 3.21 Å². The molecule has 7 aromatic rings. The molecule has 0 unspecified atom stereocenters. The summed E-state index contributed by atoms with van der Waals surface area (Å²) in [5.41, 5.74) is 21.8. The normalized spacial score (nSPS) is 11.4. The summed E-state index contributed by atoms with van der Waals surface area (Å²) in [5.74, 6) is 0. The molecule has 0 bridgehead atoms. The predicted molar refractivity (Wildman–Crippen MR) is 248 cm³/mol. The second-order valence-electron chi connectivity index (χ2n) is 18.2. The van der Waals surface area contributed by atoms with E-state index in [2.05, 4.69) is 191 Å². The van der Waals surface area contributed by atoms with Gasteiger partial charge in [-0.05, 0) is 58.9 Å². The second-order valence-corrected chi connectivity index (χ2v) is 19.9. The Morgan fingerprint density at radius 3 is 1.45 bits per heavy atom. The van der Waals surface area contributed by atoms with Crippen LogP contribution < -0.4 is 24.8 Å². The standard InChI is InChI=1S/C35H37.C17H18.C5H5.2ClH.Zr/c1-22-13-9-11-15-26(22)30-18-24-17-25-19-31(27-16-12-10-14-23(27)2)33(35(6,7)8)21-29(25)28(24)20-32(30)34(3,4)5;1-14-6-10-16(11-7-14)4-3-5-17-12-8-15(2)9-13-17;1-2-4-5-3-1;;;/h9-16,18,20-21H,17H2,1-8H3;6-13H,4-5H2,1-2H3;1-5H;2*1H;/q-1;;-1;;;+2/p-2. The zero-order valence-corrected chi connectivity index (χ0v) is 41.2. The molecule has 60 heavy (non-hydrogen) atoms. The Kier molecular flexibility index (Phi) is 17.2. The first-order chi connectivity index (χ1) is 27.6. The van der Waals surface area contributed by atoms with E-state index in [-0.39, 0.29) is 35.6 Å². The van der Waals surface area contributed by atoms with Crippen molar-refractivity contribution in [2.75, 3.05) is 0 Å². The Bertz CT molecular complexity index is 2290. The van der Waals surface area contributed by atoms with Gasteiger partial charge < -0.3 is 24.8 Å². The molecule has 0 atom stereocenters. The van der Waals surface area contributed by atoms with Crippen LogP contribution in [0.3, 0.4) is 0 Å². The molecule has 0 N–H and O–H groups in total. The van der Waals surface area contributed by atoms with Crippen LogP contribution in [0.15, 0.2) is 146 Å². The molecule has 0 aliphatic heterocycles. The van der Waals surface area contributed by atoms with Gasteiger partial charge in [0.05, 0.1) is 0 Å². The van der Waals surface area contributed by atoms with Crippen LogP contribution in [0.4, 0.5) is 0 Å². The molecule has 7 aromatic carbocycles. The van der Waals surface area contributed by atoms with Gasteiger partial charge in [-0.25, -0.2) is 12.1 Å². The average Bonchev–Trinajstić information content (AvgIpc) is 3.88. The Labute approximate surface area is 389 Å². The number of rotatable bonds is 6. The monoisotopic (exact) mass is 904 g/mol. The van der Waals surface area contributed by atoms with Gasteiger partial charge in [0.1, 0.15) is 0 Å². The molecular weight excluding hydrogens is 847 g/mol. The first-order valence-corrected chi connectivity index (χ1v) is 22.0. The smallest absolute Gasteiger partial charge is 0.0126 e. The maximum absolute atomic E-state index is 3.93. The van der Waals surface area contributed by atoms with Gasteiger partial charge in [0, 0.05) is 0 Å². The minimum Gasteiger partial charge on any atom is -1.00 e. The Balaban J connectivity index is 0.000000265. The average molecular weight is 907 g/mol. The van der Waals surface area contributed by atoms with Crippen molar-refractivity contribution in [1.82, 2.24) is 0 Å². The molecule has 0 nitrogen and oxygen atoms in total. The number of hydrogen-bond donors (Lipinski definition) is 0. The van der Waals surface area contributed by atoms with Crippen molar-refractivity contribution in [2.45, 2.75) is 99.3 Å². The van der Waals surface area contributed by atoms with Crippen LogP contribution in [0.2, 0.25) is 0 Å². The van der Waals surface area contributed by atoms with Crippen molar-refractivity contribution < 1.29 is 49.0 Å². The molecule has 8 rings (SSSR count). The van der Waals surface area contributed by atoms with Crippen LogP contribution >= 0.6 is 0 Å². The Hall–Kier alpha value is -4.00. The minimum atomic E-state index is 0. The van der Waals surface area contributed by atoms with Crippen LogP contribution in [0.25, 0.3) is 33.4 Å². The third-order valence-electron chi connectivity index (χ3n) is 11.2. The molecule has 0 amide bonds. The SMILES string of the molecule is Cc1ccc(C[C](=[Zr+2])Cc2ccc(C)cc2)cc1.Cc1ccccc1-c1[c-]c2c(cc1C(C)(C)C)-c1cc(C(C)(C)C)c(-c3ccccc3C)cc1C2.[Cl-].[Cl-].c1cc[cH-]c1. The van der Waals surface area contributed by atoms with E-state index in [0.29, 0.717) is 0 Å². The summed E-state index contributed by atoms with van der Waals surface area (Å²) >= 11 is 1.55. The summed E-state index contributed by atoms with van der Waals surface area (Å²) in [6.07, 6.45) is 3.18. The van der Waals surface area contributed by atoms with Gasteiger partial charge >= 0.3 is 125 Å². The Morgan fingerprint density at radius 1 is 0.533 bits per heavy atom. The van der Waals surface area contributed by atoms with Crippen molar-refractivity contribution >= 4 is 3.21 Å². The summed E-state index contributed by atoms with van der Waals surface area (Å²) in [7, 11) is 0.